The molecule has 4 rings (SSSR count). The fourth-order valence-electron chi connectivity index (χ4n) is 4.04. The number of thioether (sulfide) groups is 1. The van der Waals surface area contributed by atoms with Gasteiger partial charge in [-0.25, -0.2) is 13.2 Å². The van der Waals surface area contributed by atoms with Gasteiger partial charge in [-0.05, 0) is 24.3 Å². The molecule has 180 valence electrons. The van der Waals surface area contributed by atoms with Gasteiger partial charge in [-0.3, -0.25) is 9.80 Å². The van der Waals surface area contributed by atoms with Gasteiger partial charge in [-0.15, -0.1) is 0 Å². The van der Waals surface area contributed by atoms with Gasteiger partial charge in [0.2, 0.25) is 10.0 Å². The van der Waals surface area contributed by atoms with Gasteiger partial charge in [0.05, 0.1) is 17.6 Å². The van der Waals surface area contributed by atoms with Crippen LogP contribution in [-0.4, -0.2) is 85.5 Å². The molecule has 2 aliphatic heterocycles. The zero-order valence-corrected chi connectivity index (χ0v) is 20.2. The van der Waals surface area contributed by atoms with E-state index in [1.165, 1.54) is 29.8 Å². The van der Waals surface area contributed by atoms with Crippen LogP contribution in [0, 0.1) is 0 Å². The summed E-state index contributed by atoms with van der Waals surface area (Å²) in [6, 6.07) is 6.33. The van der Waals surface area contributed by atoms with Gasteiger partial charge in [0.1, 0.15) is 17.8 Å². The van der Waals surface area contributed by atoms with E-state index in [2.05, 4.69) is 4.90 Å². The van der Waals surface area contributed by atoms with Crippen molar-refractivity contribution in [2.75, 3.05) is 57.9 Å². The second-order valence-electron chi connectivity index (χ2n) is 8.12. The molecule has 1 N–H and O–H groups in total. The standard InChI is InChI=1S/C22H29N3O6S2/c1-30-18-2-4-19(5-3-18)33(28,29)25-8-6-23(7-9-25)15-20-21(26)17(16-31-22(20)27)14-24-10-12-32-13-11-24/h2-5,16,26H,6-15H2,1H3. The monoisotopic (exact) mass is 495 g/mol. The van der Waals surface area contributed by atoms with E-state index < -0.39 is 15.6 Å². The van der Waals surface area contributed by atoms with Crippen LogP contribution in [0.4, 0.5) is 0 Å². The molecule has 0 amide bonds. The Kier molecular flexibility index (Phi) is 7.65. The molecule has 2 aromatic rings. The zero-order chi connectivity index (χ0) is 23.4. The van der Waals surface area contributed by atoms with Crippen LogP contribution in [0.25, 0.3) is 0 Å². The van der Waals surface area contributed by atoms with Gasteiger partial charge in [-0.1, -0.05) is 0 Å². The van der Waals surface area contributed by atoms with Crippen molar-refractivity contribution in [3.8, 4) is 11.5 Å². The van der Waals surface area contributed by atoms with Crippen molar-refractivity contribution in [2.24, 2.45) is 0 Å². The van der Waals surface area contributed by atoms with Gasteiger partial charge in [0, 0.05) is 69.4 Å². The Morgan fingerprint density at radius 2 is 1.64 bits per heavy atom. The third kappa shape index (κ3) is 5.55. The molecule has 2 saturated heterocycles. The molecule has 0 spiro atoms. The fourth-order valence-corrected chi connectivity index (χ4v) is 6.44. The summed E-state index contributed by atoms with van der Waals surface area (Å²) in [5.74, 6) is 2.68. The molecule has 0 unspecified atom stereocenters. The van der Waals surface area contributed by atoms with Crippen molar-refractivity contribution in [3.05, 3.63) is 52.1 Å². The quantitative estimate of drug-likeness (QED) is 0.611. The van der Waals surface area contributed by atoms with Crippen LogP contribution in [0.1, 0.15) is 11.1 Å². The number of aromatic hydroxyl groups is 1. The third-order valence-corrected chi connectivity index (χ3v) is 8.91. The molecular weight excluding hydrogens is 466 g/mol. The van der Waals surface area contributed by atoms with Crippen molar-refractivity contribution >= 4 is 21.8 Å². The molecule has 0 atom stereocenters. The van der Waals surface area contributed by atoms with Crippen molar-refractivity contribution in [2.45, 2.75) is 18.0 Å². The highest BCUT2D eigenvalue weighted by atomic mass is 32.2. The zero-order valence-electron chi connectivity index (χ0n) is 18.6. The predicted octanol–water partition coefficient (Wildman–Crippen LogP) is 1.41. The number of benzene rings is 1. The smallest absolute Gasteiger partial charge is 0.343 e. The third-order valence-electron chi connectivity index (χ3n) is 6.05. The lowest BCUT2D eigenvalue weighted by molar-refractivity contribution is 0.177. The molecule has 0 bridgehead atoms. The normalized spacial score (nSPS) is 18.9. The van der Waals surface area contributed by atoms with E-state index in [1.54, 1.807) is 12.1 Å². The second kappa shape index (κ2) is 10.5. The molecule has 0 saturated carbocycles. The summed E-state index contributed by atoms with van der Waals surface area (Å²) >= 11 is 1.91. The maximum atomic E-state index is 12.9. The first-order chi connectivity index (χ1) is 15.9. The molecule has 11 heteroatoms. The minimum Gasteiger partial charge on any atom is -0.507 e. The Morgan fingerprint density at radius 1 is 1.00 bits per heavy atom. The SMILES string of the molecule is COc1ccc(S(=O)(=O)N2CCN(Cc3c(O)c(CN4CCSCC4)coc3=O)CC2)cc1. The number of nitrogens with zero attached hydrogens (tertiary/aromatic N) is 3. The summed E-state index contributed by atoms with van der Waals surface area (Å²) in [7, 11) is -2.08. The predicted molar refractivity (Wildman–Crippen MR) is 126 cm³/mol. The topological polar surface area (TPSA) is 104 Å². The largest absolute Gasteiger partial charge is 0.507 e. The number of piperazine rings is 1. The Labute approximate surface area is 198 Å². The van der Waals surface area contributed by atoms with Crippen molar-refractivity contribution in [3.63, 3.8) is 0 Å². The highest BCUT2D eigenvalue weighted by Crippen LogP contribution is 2.25. The van der Waals surface area contributed by atoms with Crippen molar-refractivity contribution in [1.29, 1.82) is 0 Å². The Hall–Kier alpha value is -2.05. The summed E-state index contributed by atoms with van der Waals surface area (Å²) < 4.78 is 37.7. The number of sulfonamides is 1. The summed E-state index contributed by atoms with van der Waals surface area (Å²) in [6.07, 6.45) is 1.35. The molecule has 0 aliphatic carbocycles. The first-order valence-electron chi connectivity index (χ1n) is 10.9. The Balaban J connectivity index is 1.40. The van der Waals surface area contributed by atoms with E-state index in [4.69, 9.17) is 9.15 Å². The van der Waals surface area contributed by atoms with Crippen LogP contribution < -0.4 is 10.4 Å². The number of hydrogen-bond donors (Lipinski definition) is 1. The molecule has 33 heavy (non-hydrogen) atoms. The summed E-state index contributed by atoms with van der Waals surface area (Å²) in [4.78, 5) is 16.8. The average molecular weight is 496 g/mol. The van der Waals surface area contributed by atoms with Crippen LogP contribution in [0.5, 0.6) is 11.5 Å². The van der Waals surface area contributed by atoms with E-state index in [1.807, 2.05) is 16.7 Å². The van der Waals surface area contributed by atoms with E-state index in [0.717, 1.165) is 24.6 Å². The van der Waals surface area contributed by atoms with E-state index >= 15 is 0 Å². The minimum absolute atomic E-state index is 0.0160. The Morgan fingerprint density at radius 3 is 2.27 bits per heavy atom. The molecule has 9 nitrogen and oxygen atoms in total. The lowest BCUT2D eigenvalue weighted by atomic mass is 10.1. The Bertz CT molecular complexity index is 1110. The van der Waals surface area contributed by atoms with E-state index in [0.29, 0.717) is 44.0 Å². The lowest BCUT2D eigenvalue weighted by Gasteiger charge is -2.34. The number of methoxy groups -OCH3 is 1. The fraction of sp³-hybridized carbons (Fsp3) is 0.500. The minimum atomic E-state index is -3.61. The highest BCUT2D eigenvalue weighted by Gasteiger charge is 2.29. The van der Waals surface area contributed by atoms with Crippen LogP contribution in [0.15, 0.2) is 44.6 Å². The van der Waals surface area contributed by atoms with Crippen LogP contribution in [-0.2, 0) is 23.1 Å². The molecule has 1 aromatic heterocycles. The molecule has 1 aromatic carbocycles. The molecule has 3 heterocycles. The molecule has 2 fully saturated rings. The first kappa shape index (κ1) is 24.1. The van der Waals surface area contributed by atoms with Gasteiger partial charge >= 0.3 is 5.63 Å². The molecule has 2 aliphatic rings. The summed E-state index contributed by atoms with van der Waals surface area (Å²) in [5, 5.41) is 10.8. The number of hydrogen-bond acceptors (Lipinski definition) is 9. The van der Waals surface area contributed by atoms with E-state index in [-0.39, 0.29) is 22.8 Å². The van der Waals surface area contributed by atoms with Gasteiger partial charge < -0.3 is 14.3 Å². The number of ether oxygens (including phenoxy) is 1. The van der Waals surface area contributed by atoms with Crippen LogP contribution >= 0.6 is 11.8 Å². The van der Waals surface area contributed by atoms with Gasteiger partial charge in [0.25, 0.3) is 0 Å². The summed E-state index contributed by atoms with van der Waals surface area (Å²) in [6.45, 7) is 4.11. The lowest BCUT2D eigenvalue weighted by Crippen LogP contribution is -2.48. The maximum Gasteiger partial charge on any atom is 0.343 e. The average Bonchev–Trinajstić information content (AvgIpc) is 2.84. The van der Waals surface area contributed by atoms with E-state index in [9.17, 15) is 18.3 Å². The van der Waals surface area contributed by atoms with Crippen LogP contribution in [0.2, 0.25) is 0 Å². The first-order valence-corrected chi connectivity index (χ1v) is 13.5. The van der Waals surface area contributed by atoms with Gasteiger partial charge in [0.15, 0.2) is 0 Å². The van der Waals surface area contributed by atoms with Crippen molar-refractivity contribution < 1.29 is 22.7 Å². The second-order valence-corrected chi connectivity index (χ2v) is 11.3. The molecule has 0 radical (unpaired) electrons. The maximum absolute atomic E-state index is 12.9. The van der Waals surface area contributed by atoms with Gasteiger partial charge in [-0.2, -0.15) is 16.1 Å². The van der Waals surface area contributed by atoms with Crippen LogP contribution in [0.3, 0.4) is 0 Å². The van der Waals surface area contributed by atoms with Crippen molar-refractivity contribution in [1.82, 2.24) is 14.1 Å². The molecular formula is C22H29N3O6S2. The number of rotatable bonds is 7. The highest BCUT2D eigenvalue weighted by molar-refractivity contribution is 7.99. The summed E-state index contributed by atoms with van der Waals surface area (Å²) in [5.41, 5.74) is 0.279.